The van der Waals surface area contributed by atoms with Crippen molar-refractivity contribution in [1.82, 2.24) is 4.31 Å². The summed E-state index contributed by atoms with van der Waals surface area (Å²) in [4.78, 5) is 0.189. The van der Waals surface area contributed by atoms with Gasteiger partial charge in [0.1, 0.15) is 11.5 Å². The first-order valence-corrected chi connectivity index (χ1v) is 9.75. The highest BCUT2D eigenvalue weighted by Crippen LogP contribution is 2.34. The predicted molar refractivity (Wildman–Crippen MR) is 97.1 cm³/mol. The van der Waals surface area contributed by atoms with E-state index in [0.717, 1.165) is 17.7 Å². The maximum absolute atomic E-state index is 12.9. The molecular weight excluding hydrogens is 362 g/mol. The van der Waals surface area contributed by atoms with Crippen molar-refractivity contribution in [1.29, 1.82) is 0 Å². The highest BCUT2D eigenvalue weighted by Gasteiger charge is 2.33. The average molecular weight is 382 g/mol. The molecule has 1 fully saturated rings. The largest absolute Gasteiger partial charge is 0.497 e. The van der Waals surface area contributed by atoms with Crippen LogP contribution < -0.4 is 9.47 Å². The first kappa shape index (κ1) is 18.0. The summed E-state index contributed by atoms with van der Waals surface area (Å²) in [5.41, 5.74) is 1.12. The molecule has 7 heteroatoms. The van der Waals surface area contributed by atoms with Crippen LogP contribution >= 0.6 is 11.6 Å². The van der Waals surface area contributed by atoms with Crippen molar-refractivity contribution in [2.24, 2.45) is 0 Å². The summed E-state index contributed by atoms with van der Waals surface area (Å²) in [6, 6.07) is 12.3. The van der Waals surface area contributed by atoms with Crippen LogP contribution in [-0.2, 0) is 10.0 Å². The Morgan fingerprint density at radius 3 is 2.40 bits per heavy atom. The van der Waals surface area contributed by atoms with Gasteiger partial charge < -0.3 is 9.47 Å². The maximum atomic E-state index is 12.9. The van der Waals surface area contributed by atoms with E-state index in [0.29, 0.717) is 18.8 Å². The Hall–Kier alpha value is -1.76. The molecule has 134 valence electrons. The number of benzene rings is 2. The second-order valence-electron chi connectivity index (χ2n) is 5.92. The molecule has 1 unspecified atom stereocenters. The summed E-state index contributed by atoms with van der Waals surface area (Å²) in [7, 11) is -0.452. The highest BCUT2D eigenvalue weighted by atomic mass is 35.5. The van der Waals surface area contributed by atoms with E-state index in [1.54, 1.807) is 13.2 Å². The topological polar surface area (TPSA) is 55.8 Å². The van der Waals surface area contributed by atoms with Crippen molar-refractivity contribution in [3.05, 3.63) is 53.1 Å². The van der Waals surface area contributed by atoms with Gasteiger partial charge in [-0.05, 0) is 48.2 Å². The van der Waals surface area contributed by atoms with Gasteiger partial charge in [-0.15, -0.1) is 0 Å². The summed E-state index contributed by atoms with van der Waals surface area (Å²) in [5.74, 6) is 1.42. The molecule has 1 aliphatic rings. The number of nitrogens with zero attached hydrogens (tertiary/aromatic N) is 1. The number of hydrogen-bond donors (Lipinski definition) is 0. The predicted octanol–water partition coefficient (Wildman–Crippen LogP) is 3.54. The molecule has 0 spiro atoms. The lowest BCUT2D eigenvalue weighted by Gasteiger charge is -2.17. The van der Waals surface area contributed by atoms with Crippen LogP contribution in [0.2, 0.25) is 5.02 Å². The zero-order valence-corrected chi connectivity index (χ0v) is 15.7. The molecule has 0 bridgehead atoms. The average Bonchev–Trinajstić information content (AvgIpc) is 3.12. The minimum absolute atomic E-state index is 0.175. The molecule has 1 aliphatic heterocycles. The van der Waals surface area contributed by atoms with E-state index in [2.05, 4.69) is 0 Å². The molecule has 25 heavy (non-hydrogen) atoms. The van der Waals surface area contributed by atoms with Crippen LogP contribution in [0.25, 0.3) is 0 Å². The van der Waals surface area contributed by atoms with Gasteiger partial charge in [0.25, 0.3) is 0 Å². The molecule has 0 saturated carbocycles. The van der Waals surface area contributed by atoms with Crippen LogP contribution in [0.4, 0.5) is 0 Å². The molecule has 1 heterocycles. The maximum Gasteiger partial charge on any atom is 0.243 e. The zero-order chi connectivity index (χ0) is 18.0. The van der Waals surface area contributed by atoms with Gasteiger partial charge in [0.2, 0.25) is 10.0 Å². The summed E-state index contributed by atoms with van der Waals surface area (Å²) < 4.78 is 37.5. The molecule has 5 nitrogen and oxygen atoms in total. The lowest BCUT2D eigenvalue weighted by atomic mass is 9.99. The van der Waals surface area contributed by atoms with Gasteiger partial charge in [0, 0.05) is 13.1 Å². The van der Waals surface area contributed by atoms with Gasteiger partial charge in [-0.2, -0.15) is 4.31 Å². The standard InChI is InChI=1S/C18H20ClNO4S/c1-23-15-5-3-13(4-6-15)14-9-10-20(12-14)25(21,22)16-7-8-18(24-2)17(19)11-16/h3-8,11,14H,9-10,12H2,1-2H3. The number of methoxy groups -OCH3 is 2. The monoisotopic (exact) mass is 381 g/mol. The molecule has 1 atom stereocenters. The van der Waals surface area contributed by atoms with E-state index in [9.17, 15) is 8.42 Å². The van der Waals surface area contributed by atoms with Crippen molar-refractivity contribution in [3.8, 4) is 11.5 Å². The molecule has 0 aromatic heterocycles. The first-order valence-electron chi connectivity index (χ1n) is 7.93. The number of sulfonamides is 1. The quantitative estimate of drug-likeness (QED) is 0.795. The van der Waals surface area contributed by atoms with Crippen LogP contribution in [0, 0.1) is 0 Å². The van der Waals surface area contributed by atoms with E-state index in [1.165, 1.54) is 23.5 Å². The molecule has 0 radical (unpaired) electrons. The number of halogens is 1. The molecule has 0 aliphatic carbocycles. The van der Waals surface area contributed by atoms with Gasteiger partial charge in [0.15, 0.2) is 0 Å². The number of ether oxygens (including phenoxy) is 2. The van der Waals surface area contributed by atoms with E-state index < -0.39 is 10.0 Å². The lowest BCUT2D eigenvalue weighted by molar-refractivity contribution is 0.414. The Labute approximate surface area is 153 Å². The summed E-state index contributed by atoms with van der Waals surface area (Å²) >= 11 is 6.08. The summed E-state index contributed by atoms with van der Waals surface area (Å²) in [6.07, 6.45) is 0.787. The SMILES string of the molecule is COc1ccc(C2CCN(S(=O)(=O)c3ccc(OC)c(Cl)c3)C2)cc1. The smallest absolute Gasteiger partial charge is 0.243 e. The van der Waals surface area contributed by atoms with Crippen molar-refractivity contribution in [2.45, 2.75) is 17.2 Å². The fraction of sp³-hybridized carbons (Fsp3) is 0.333. The molecule has 0 amide bonds. The third kappa shape index (κ3) is 3.61. The minimum Gasteiger partial charge on any atom is -0.497 e. The molecule has 2 aromatic carbocycles. The van der Waals surface area contributed by atoms with Crippen LogP contribution in [-0.4, -0.2) is 40.0 Å². The van der Waals surface area contributed by atoms with Crippen LogP contribution in [0.3, 0.4) is 0 Å². The molecule has 3 rings (SSSR count). The molecule has 1 saturated heterocycles. The van der Waals surface area contributed by atoms with E-state index in [1.807, 2.05) is 24.3 Å². The fourth-order valence-electron chi connectivity index (χ4n) is 3.05. The van der Waals surface area contributed by atoms with Crippen LogP contribution in [0.1, 0.15) is 17.9 Å². The van der Waals surface area contributed by atoms with Crippen molar-refractivity contribution < 1.29 is 17.9 Å². The van der Waals surface area contributed by atoms with Gasteiger partial charge in [-0.3, -0.25) is 0 Å². The lowest BCUT2D eigenvalue weighted by Crippen LogP contribution is -2.28. The van der Waals surface area contributed by atoms with Gasteiger partial charge in [-0.1, -0.05) is 23.7 Å². The van der Waals surface area contributed by atoms with E-state index >= 15 is 0 Å². The normalized spacial score (nSPS) is 18.3. The van der Waals surface area contributed by atoms with Gasteiger partial charge in [-0.25, -0.2) is 8.42 Å². The second kappa shape index (κ2) is 7.23. The van der Waals surface area contributed by atoms with Crippen LogP contribution in [0.15, 0.2) is 47.4 Å². The third-order valence-corrected chi connectivity index (χ3v) is 6.66. The summed E-state index contributed by atoms with van der Waals surface area (Å²) in [6.45, 7) is 0.945. The van der Waals surface area contributed by atoms with Crippen molar-refractivity contribution in [2.75, 3.05) is 27.3 Å². The Kier molecular flexibility index (Phi) is 5.22. The van der Waals surface area contributed by atoms with E-state index in [-0.39, 0.29) is 15.8 Å². The Bertz CT molecular complexity index is 852. The Morgan fingerprint density at radius 2 is 1.80 bits per heavy atom. The first-order chi connectivity index (χ1) is 12.0. The van der Waals surface area contributed by atoms with Crippen molar-refractivity contribution >= 4 is 21.6 Å². The summed E-state index contributed by atoms with van der Waals surface area (Å²) in [5, 5.41) is 0.287. The number of hydrogen-bond acceptors (Lipinski definition) is 4. The second-order valence-corrected chi connectivity index (χ2v) is 8.26. The van der Waals surface area contributed by atoms with Crippen molar-refractivity contribution in [3.63, 3.8) is 0 Å². The zero-order valence-electron chi connectivity index (χ0n) is 14.1. The third-order valence-electron chi connectivity index (χ3n) is 4.50. The number of rotatable bonds is 5. The van der Waals surface area contributed by atoms with Gasteiger partial charge >= 0.3 is 0 Å². The minimum atomic E-state index is -3.57. The Balaban J connectivity index is 1.79. The fourth-order valence-corrected chi connectivity index (χ4v) is 4.90. The Morgan fingerprint density at radius 1 is 1.08 bits per heavy atom. The van der Waals surface area contributed by atoms with E-state index in [4.69, 9.17) is 21.1 Å². The highest BCUT2D eigenvalue weighted by molar-refractivity contribution is 7.89. The van der Waals surface area contributed by atoms with Gasteiger partial charge in [0.05, 0.1) is 24.1 Å². The van der Waals surface area contributed by atoms with Crippen LogP contribution in [0.5, 0.6) is 11.5 Å². The molecule has 0 N–H and O–H groups in total. The molecule has 2 aromatic rings. The molecular formula is C18H20ClNO4S.